The van der Waals surface area contributed by atoms with Gasteiger partial charge in [-0.15, -0.1) is 10.2 Å². The van der Waals surface area contributed by atoms with Crippen LogP contribution in [0.2, 0.25) is 0 Å². The first-order chi connectivity index (χ1) is 11.1. The maximum atomic E-state index is 12.2. The molecule has 3 rings (SSSR count). The predicted molar refractivity (Wildman–Crippen MR) is 87.5 cm³/mol. The topological polar surface area (TPSA) is 76.9 Å². The number of nitrogens with one attached hydrogen (secondary N) is 1. The number of rotatable bonds is 4. The number of fused-ring (bicyclic) bond motifs is 1. The van der Waals surface area contributed by atoms with Crippen LogP contribution in [0.15, 0.2) is 29.2 Å². The Labute approximate surface area is 137 Å². The standard InChI is InChI=1S/C16H20N4O2S/c1-23(22)13-8-6-12(7-9-13)16(21)17-11-15-19-18-14-5-3-2-4-10-20(14)15/h6-9H,2-5,10-11H2,1H3,(H,17,21)/t23-/m0/s1. The summed E-state index contributed by atoms with van der Waals surface area (Å²) in [6.45, 7) is 1.29. The number of benzene rings is 1. The smallest absolute Gasteiger partial charge is 0.251 e. The zero-order chi connectivity index (χ0) is 16.2. The Morgan fingerprint density at radius 1 is 1.22 bits per heavy atom. The maximum Gasteiger partial charge on any atom is 0.251 e. The van der Waals surface area contributed by atoms with Crippen molar-refractivity contribution in [1.29, 1.82) is 0 Å². The number of amides is 1. The average Bonchev–Trinajstić information content (AvgIpc) is 2.79. The minimum Gasteiger partial charge on any atom is -0.345 e. The summed E-state index contributed by atoms with van der Waals surface area (Å²) >= 11 is 0. The van der Waals surface area contributed by atoms with Gasteiger partial charge in [-0.05, 0) is 37.1 Å². The lowest BCUT2D eigenvalue weighted by Crippen LogP contribution is -2.25. The van der Waals surface area contributed by atoms with Crippen LogP contribution >= 0.6 is 0 Å². The number of carbonyl (C=O) groups excluding carboxylic acids is 1. The Morgan fingerprint density at radius 2 is 2.00 bits per heavy atom. The van der Waals surface area contributed by atoms with Gasteiger partial charge in [0, 0.05) is 40.5 Å². The minimum atomic E-state index is -1.04. The molecule has 0 unspecified atom stereocenters. The van der Waals surface area contributed by atoms with Crippen LogP contribution < -0.4 is 5.32 Å². The van der Waals surface area contributed by atoms with Crippen LogP contribution in [-0.2, 0) is 30.3 Å². The van der Waals surface area contributed by atoms with Gasteiger partial charge >= 0.3 is 0 Å². The third-order valence-electron chi connectivity index (χ3n) is 4.04. The molecule has 1 aromatic carbocycles. The molecule has 122 valence electrons. The van der Waals surface area contributed by atoms with E-state index in [1.807, 2.05) is 0 Å². The molecule has 23 heavy (non-hydrogen) atoms. The molecule has 0 saturated carbocycles. The molecule has 1 aliphatic rings. The molecule has 6 nitrogen and oxygen atoms in total. The van der Waals surface area contributed by atoms with Crippen LogP contribution in [0.25, 0.3) is 0 Å². The highest BCUT2D eigenvalue weighted by Gasteiger charge is 2.15. The second-order valence-electron chi connectivity index (χ2n) is 5.66. The van der Waals surface area contributed by atoms with Crippen LogP contribution in [0, 0.1) is 0 Å². The second kappa shape index (κ2) is 7.04. The lowest BCUT2D eigenvalue weighted by Gasteiger charge is -2.08. The van der Waals surface area contributed by atoms with E-state index in [-0.39, 0.29) is 5.91 Å². The van der Waals surface area contributed by atoms with E-state index in [1.54, 1.807) is 30.5 Å². The summed E-state index contributed by atoms with van der Waals surface area (Å²) < 4.78 is 13.5. The minimum absolute atomic E-state index is 0.163. The fourth-order valence-electron chi connectivity index (χ4n) is 2.74. The van der Waals surface area contributed by atoms with Crippen molar-refractivity contribution in [3.63, 3.8) is 0 Å². The van der Waals surface area contributed by atoms with Gasteiger partial charge in [-0.25, -0.2) is 0 Å². The molecule has 0 spiro atoms. The van der Waals surface area contributed by atoms with Crippen LogP contribution in [0.5, 0.6) is 0 Å². The van der Waals surface area contributed by atoms with Gasteiger partial charge < -0.3 is 9.88 Å². The molecule has 1 aromatic heterocycles. The molecule has 1 atom stereocenters. The summed E-state index contributed by atoms with van der Waals surface area (Å²) in [6.07, 6.45) is 6.06. The van der Waals surface area contributed by atoms with E-state index in [1.165, 1.54) is 6.42 Å². The summed E-state index contributed by atoms with van der Waals surface area (Å²) in [6, 6.07) is 6.81. The van der Waals surface area contributed by atoms with E-state index < -0.39 is 10.8 Å². The van der Waals surface area contributed by atoms with E-state index in [2.05, 4.69) is 20.1 Å². The Bertz CT molecular complexity index is 724. The van der Waals surface area contributed by atoms with Gasteiger partial charge in [0.2, 0.25) is 0 Å². The van der Waals surface area contributed by atoms with Crippen molar-refractivity contribution in [2.24, 2.45) is 0 Å². The average molecular weight is 332 g/mol. The fraction of sp³-hybridized carbons (Fsp3) is 0.438. The molecular weight excluding hydrogens is 312 g/mol. The maximum absolute atomic E-state index is 12.2. The molecule has 2 aromatic rings. The summed E-state index contributed by atoms with van der Waals surface area (Å²) in [4.78, 5) is 12.9. The summed E-state index contributed by atoms with van der Waals surface area (Å²) in [5.41, 5.74) is 0.551. The Morgan fingerprint density at radius 3 is 2.74 bits per heavy atom. The quantitative estimate of drug-likeness (QED) is 0.924. The van der Waals surface area contributed by atoms with Crippen molar-refractivity contribution in [2.45, 2.75) is 43.7 Å². The van der Waals surface area contributed by atoms with Crippen LogP contribution in [-0.4, -0.2) is 31.1 Å². The molecule has 1 amide bonds. The summed E-state index contributed by atoms with van der Waals surface area (Å²) in [5, 5.41) is 11.3. The number of nitrogens with zero attached hydrogens (tertiary/aromatic N) is 3. The van der Waals surface area contributed by atoms with Crippen molar-refractivity contribution < 1.29 is 9.00 Å². The first-order valence-electron chi connectivity index (χ1n) is 7.78. The summed E-state index contributed by atoms with van der Waals surface area (Å²) in [7, 11) is -1.04. The van der Waals surface area contributed by atoms with E-state index in [0.29, 0.717) is 17.0 Å². The first kappa shape index (κ1) is 15.9. The highest BCUT2D eigenvalue weighted by Crippen LogP contribution is 2.14. The molecule has 1 aliphatic heterocycles. The molecular formula is C16H20N4O2S. The molecule has 0 fully saturated rings. The third kappa shape index (κ3) is 3.67. The largest absolute Gasteiger partial charge is 0.345 e. The Balaban J connectivity index is 1.65. The van der Waals surface area contributed by atoms with Gasteiger partial charge in [0.15, 0.2) is 5.82 Å². The van der Waals surface area contributed by atoms with E-state index >= 15 is 0 Å². The first-order valence-corrected chi connectivity index (χ1v) is 9.33. The number of carbonyl (C=O) groups is 1. The Hall–Kier alpha value is -2.02. The monoisotopic (exact) mass is 332 g/mol. The zero-order valence-electron chi connectivity index (χ0n) is 13.1. The molecule has 1 N–H and O–H groups in total. The highest BCUT2D eigenvalue weighted by molar-refractivity contribution is 7.84. The van der Waals surface area contributed by atoms with Crippen molar-refractivity contribution in [3.8, 4) is 0 Å². The number of aromatic nitrogens is 3. The van der Waals surface area contributed by atoms with Gasteiger partial charge in [0.25, 0.3) is 5.91 Å². The van der Waals surface area contributed by atoms with Crippen molar-refractivity contribution >= 4 is 16.7 Å². The molecule has 0 radical (unpaired) electrons. The number of hydrogen-bond donors (Lipinski definition) is 1. The molecule has 0 bridgehead atoms. The normalized spacial score (nSPS) is 15.5. The van der Waals surface area contributed by atoms with Crippen LogP contribution in [0.1, 0.15) is 41.3 Å². The van der Waals surface area contributed by atoms with Crippen LogP contribution in [0.4, 0.5) is 0 Å². The zero-order valence-corrected chi connectivity index (χ0v) is 13.9. The summed E-state index contributed by atoms with van der Waals surface area (Å²) in [5.74, 6) is 1.66. The van der Waals surface area contributed by atoms with Crippen molar-refractivity contribution in [2.75, 3.05) is 6.26 Å². The predicted octanol–water partition coefficient (Wildman–Crippen LogP) is 1.67. The molecule has 2 heterocycles. The van der Waals surface area contributed by atoms with Crippen molar-refractivity contribution in [3.05, 3.63) is 41.5 Å². The molecule has 7 heteroatoms. The van der Waals surface area contributed by atoms with Gasteiger partial charge in [0.1, 0.15) is 5.82 Å². The highest BCUT2D eigenvalue weighted by atomic mass is 32.2. The van der Waals surface area contributed by atoms with Crippen LogP contribution in [0.3, 0.4) is 0 Å². The fourth-order valence-corrected chi connectivity index (χ4v) is 3.25. The number of aryl methyl sites for hydroxylation is 1. The van der Waals surface area contributed by atoms with Gasteiger partial charge in [0.05, 0.1) is 6.54 Å². The molecule has 0 saturated heterocycles. The lowest BCUT2D eigenvalue weighted by atomic mass is 10.2. The van der Waals surface area contributed by atoms with Gasteiger partial charge in [-0.3, -0.25) is 9.00 Å². The Kier molecular flexibility index (Phi) is 4.85. The van der Waals surface area contributed by atoms with Crippen molar-refractivity contribution in [1.82, 2.24) is 20.1 Å². The van der Waals surface area contributed by atoms with E-state index in [0.717, 1.165) is 37.5 Å². The van der Waals surface area contributed by atoms with Gasteiger partial charge in [-0.1, -0.05) is 6.42 Å². The number of hydrogen-bond acceptors (Lipinski definition) is 4. The SMILES string of the molecule is C[S@](=O)c1ccc(C(=O)NCc2nnc3n2CCCCC3)cc1. The second-order valence-corrected chi connectivity index (χ2v) is 7.04. The van der Waals surface area contributed by atoms with E-state index in [4.69, 9.17) is 0 Å². The molecule has 0 aliphatic carbocycles. The third-order valence-corrected chi connectivity index (χ3v) is 4.98. The van der Waals surface area contributed by atoms with E-state index in [9.17, 15) is 9.00 Å². The lowest BCUT2D eigenvalue weighted by molar-refractivity contribution is 0.0949. The van der Waals surface area contributed by atoms with Gasteiger partial charge in [-0.2, -0.15) is 0 Å².